The number of nitrogens with zero attached hydrogens (tertiary/aromatic N) is 2. The van der Waals surface area contributed by atoms with Crippen LogP contribution in [0.3, 0.4) is 0 Å². The lowest BCUT2D eigenvalue weighted by Crippen LogP contribution is -2.04. The minimum absolute atomic E-state index is 0.204. The van der Waals surface area contributed by atoms with Crippen molar-refractivity contribution in [1.29, 1.82) is 0 Å². The monoisotopic (exact) mass is 244 g/mol. The molecule has 0 saturated heterocycles. The first-order valence-corrected chi connectivity index (χ1v) is 6.32. The van der Waals surface area contributed by atoms with Crippen LogP contribution in [0, 0.1) is 0 Å². The van der Waals surface area contributed by atoms with Crippen molar-refractivity contribution in [2.24, 2.45) is 0 Å². The van der Waals surface area contributed by atoms with Crippen LogP contribution in [0.4, 0.5) is 0 Å². The summed E-state index contributed by atoms with van der Waals surface area (Å²) < 4.78 is 7.65. The predicted octanol–water partition coefficient (Wildman–Crippen LogP) is 3.50. The number of hydrogen-bond acceptors (Lipinski definition) is 3. The molecule has 1 fully saturated rings. The normalized spacial score (nSPS) is 16.0. The van der Waals surface area contributed by atoms with Crippen molar-refractivity contribution in [3.05, 3.63) is 36.7 Å². The van der Waals surface area contributed by atoms with Crippen LogP contribution >= 0.6 is 0 Å². The molecule has 0 bridgehead atoms. The number of ether oxygens (including phenoxy) is 1. The summed E-state index contributed by atoms with van der Waals surface area (Å²) in [4.78, 5) is 0. The van der Waals surface area contributed by atoms with Gasteiger partial charge in [0.15, 0.2) is 5.75 Å². The minimum Gasteiger partial charge on any atom is -0.508 e. The van der Waals surface area contributed by atoms with Crippen molar-refractivity contribution in [3.8, 4) is 17.2 Å². The average Bonchev–Trinajstić information content (AvgIpc) is 2.98. The van der Waals surface area contributed by atoms with Crippen LogP contribution in [0.15, 0.2) is 36.7 Å². The van der Waals surface area contributed by atoms with E-state index >= 15 is 0 Å². The van der Waals surface area contributed by atoms with Crippen LogP contribution in [0.25, 0.3) is 0 Å². The molecule has 2 aromatic rings. The van der Waals surface area contributed by atoms with Crippen molar-refractivity contribution in [3.63, 3.8) is 0 Å². The van der Waals surface area contributed by atoms with Gasteiger partial charge < -0.3 is 9.84 Å². The van der Waals surface area contributed by atoms with E-state index in [9.17, 15) is 5.11 Å². The molecule has 4 nitrogen and oxygen atoms in total. The highest BCUT2D eigenvalue weighted by Crippen LogP contribution is 2.31. The Hall–Kier alpha value is -1.97. The Morgan fingerprint density at radius 1 is 1.22 bits per heavy atom. The molecular weight excluding hydrogens is 228 g/mol. The topological polar surface area (TPSA) is 47.3 Å². The number of benzene rings is 1. The maximum Gasteiger partial charge on any atom is 0.165 e. The molecule has 1 aromatic heterocycles. The Morgan fingerprint density at radius 3 is 2.83 bits per heavy atom. The summed E-state index contributed by atoms with van der Waals surface area (Å²) >= 11 is 0. The van der Waals surface area contributed by atoms with Gasteiger partial charge in [-0.15, -0.1) is 0 Å². The lowest BCUT2D eigenvalue weighted by molar-refractivity contribution is 0.448. The zero-order valence-electron chi connectivity index (χ0n) is 10.1. The van der Waals surface area contributed by atoms with Crippen molar-refractivity contribution in [1.82, 2.24) is 9.78 Å². The second kappa shape index (κ2) is 4.72. The van der Waals surface area contributed by atoms with E-state index in [-0.39, 0.29) is 5.75 Å². The lowest BCUT2D eigenvalue weighted by Gasteiger charge is -2.08. The van der Waals surface area contributed by atoms with E-state index in [1.54, 1.807) is 24.4 Å². The van der Waals surface area contributed by atoms with Crippen molar-refractivity contribution in [2.75, 3.05) is 0 Å². The number of phenols is 1. The van der Waals surface area contributed by atoms with Gasteiger partial charge in [0, 0.05) is 6.07 Å². The molecule has 0 amide bonds. The molecule has 1 aromatic carbocycles. The van der Waals surface area contributed by atoms with Crippen molar-refractivity contribution < 1.29 is 9.84 Å². The van der Waals surface area contributed by atoms with Gasteiger partial charge in [-0.1, -0.05) is 18.9 Å². The number of rotatable bonds is 3. The molecule has 18 heavy (non-hydrogen) atoms. The van der Waals surface area contributed by atoms with Gasteiger partial charge in [0.05, 0.1) is 18.4 Å². The fourth-order valence-corrected chi connectivity index (χ4v) is 2.42. The van der Waals surface area contributed by atoms with Crippen molar-refractivity contribution >= 4 is 0 Å². The Labute approximate surface area is 106 Å². The minimum atomic E-state index is 0.204. The second-order valence-corrected chi connectivity index (χ2v) is 4.69. The molecule has 1 saturated carbocycles. The molecule has 0 spiro atoms. The summed E-state index contributed by atoms with van der Waals surface area (Å²) in [6, 6.07) is 7.30. The van der Waals surface area contributed by atoms with Gasteiger partial charge in [-0.3, -0.25) is 4.68 Å². The largest absolute Gasteiger partial charge is 0.508 e. The van der Waals surface area contributed by atoms with Gasteiger partial charge in [0.1, 0.15) is 11.5 Å². The zero-order valence-corrected chi connectivity index (χ0v) is 10.1. The first-order valence-electron chi connectivity index (χ1n) is 6.32. The Kier molecular flexibility index (Phi) is 2.92. The van der Waals surface area contributed by atoms with E-state index in [4.69, 9.17) is 4.74 Å². The highest BCUT2D eigenvalue weighted by molar-refractivity contribution is 5.34. The third-order valence-corrected chi connectivity index (χ3v) is 3.33. The Balaban J connectivity index is 1.73. The van der Waals surface area contributed by atoms with Crippen LogP contribution in [0.2, 0.25) is 0 Å². The van der Waals surface area contributed by atoms with Gasteiger partial charge >= 0.3 is 0 Å². The number of aromatic nitrogens is 2. The number of hydrogen-bond donors (Lipinski definition) is 1. The SMILES string of the molecule is Oc1cccc(Oc2cnn(C3CCCC3)c2)c1. The molecule has 1 aliphatic carbocycles. The molecule has 1 aliphatic rings. The van der Waals surface area contributed by atoms with E-state index in [0.29, 0.717) is 17.5 Å². The third kappa shape index (κ3) is 2.32. The molecule has 0 radical (unpaired) electrons. The van der Waals surface area contributed by atoms with Gasteiger partial charge in [-0.2, -0.15) is 5.10 Å². The van der Waals surface area contributed by atoms with E-state index in [2.05, 4.69) is 5.10 Å². The summed E-state index contributed by atoms with van der Waals surface area (Å²) in [6.07, 6.45) is 8.63. The standard InChI is InChI=1S/C14H16N2O2/c17-12-6-3-7-13(8-12)18-14-9-15-16(10-14)11-4-1-2-5-11/h3,6-11,17H,1-2,4-5H2. The molecule has 3 rings (SSSR count). The fraction of sp³-hybridized carbons (Fsp3) is 0.357. The van der Waals surface area contributed by atoms with E-state index in [1.807, 2.05) is 16.9 Å². The van der Waals surface area contributed by atoms with E-state index < -0.39 is 0 Å². The molecule has 1 N–H and O–H groups in total. The second-order valence-electron chi connectivity index (χ2n) is 4.69. The summed E-state index contributed by atoms with van der Waals surface area (Å²) in [7, 11) is 0. The summed E-state index contributed by atoms with van der Waals surface area (Å²) in [5, 5.41) is 13.7. The third-order valence-electron chi connectivity index (χ3n) is 3.33. The molecule has 0 unspecified atom stereocenters. The van der Waals surface area contributed by atoms with Gasteiger partial charge in [-0.25, -0.2) is 0 Å². The van der Waals surface area contributed by atoms with Crippen LogP contribution < -0.4 is 4.74 Å². The zero-order chi connectivity index (χ0) is 12.4. The maximum absolute atomic E-state index is 9.37. The van der Waals surface area contributed by atoms with Crippen LogP contribution in [0.1, 0.15) is 31.7 Å². The first kappa shape index (κ1) is 11.1. The first-order chi connectivity index (χ1) is 8.81. The highest BCUT2D eigenvalue weighted by Gasteiger charge is 2.17. The fourth-order valence-electron chi connectivity index (χ4n) is 2.42. The van der Waals surface area contributed by atoms with Crippen LogP contribution in [0.5, 0.6) is 17.2 Å². The molecule has 0 aliphatic heterocycles. The molecular formula is C14H16N2O2. The molecule has 1 heterocycles. The predicted molar refractivity (Wildman–Crippen MR) is 67.9 cm³/mol. The summed E-state index contributed by atoms with van der Waals surface area (Å²) in [5.74, 6) is 1.55. The maximum atomic E-state index is 9.37. The van der Waals surface area contributed by atoms with Crippen LogP contribution in [-0.4, -0.2) is 14.9 Å². The quantitative estimate of drug-likeness (QED) is 0.898. The molecule has 0 atom stereocenters. The molecule has 4 heteroatoms. The molecule has 94 valence electrons. The average molecular weight is 244 g/mol. The summed E-state index contributed by atoms with van der Waals surface area (Å²) in [6.45, 7) is 0. The van der Waals surface area contributed by atoms with Crippen molar-refractivity contribution in [2.45, 2.75) is 31.7 Å². The highest BCUT2D eigenvalue weighted by atomic mass is 16.5. The van der Waals surface area contributed by atoms with Gasteiger partial charge in [0.2, 0.25) is 0 Å². The van der Waals surface area contributed by atoms with E-state index in [1.165, 1.54) is 25.7 Å². The smallest absolute Gasteiger partial charge is 0.165 e. The Bertz CT molecular complexity index is 530. The van der Waals surface area contributed by atoms with Crippen LogP contribution in [-0.2, 0) is 0 Å². The van der Waals surface area contributed by atoms with Gasteiger partial charge in [0.25, 0.3) is 0 Å². The number of aromatic hydroxyl groups is 1. The summed E-state index contributed by atoms with van der Waals surface area (Å²) in [5.41, 5.74) is 0. The number of phenolic OH excluding ortho intramolecular Hbond substituents is 1. The Morgan fingerprint density at radius 2 is 2.06 bits per heavy atom. The van der Waals surface area contributed by atoms with Gasteiger partial charge in [-0.05, 0) is 25.0 Å². The lowest BCUT2D eigenvalue weighted by atomic mass is 10.3. The van der Waals surface area contributed by atoms with E-state index in [0.717, 1.165) is 0 Å².